The summed E-state index contributed by atoms with van der Waals surface area (Å²) in [5.74, 6) is 3.17. The summed E-state index contributed by atoms with van der Waals surface area (Å²) < 4.78 is 34.4. The fourth-order valence-corrected chi connectivity index (χ4v) is 3.24. The number of likely N-dealkylation sites (N-methyl/N-ethyl adjacent to an activating group) is 1. The molecule has 2 amide bonds. The third kappa shape index (κ3) is 4.64. The lowest BCUT2D eigenvalue weighted by Gasteiger charge is -2.19. The highest BCUT2D eigenvalue weighted by Crippen LogP contribution is 2.28. The number of rotatable bonds is 4. The van der Waals surface area contributed by atoms with Gasteiger partial charge in [-0.25, -0.2) is 14.4 Å². The number of amides is 2. The van der Waals surface area contributed by atoms with E-state index in [1.54, 1.807) is 25.1 Å². The molecule has 1 atom stereocenters. The topological polar surface area (TPSA) is 102 Å². The highest BCUT2D eigenvalue weighted by molar-refractivity contribution is 6.02. The first kappa shape index (κ1) is 21.9. The van der Waals surface area contributed by atoms with E-state index in [1.807, 2.05) is 0 Å². The van der Waals surface area contributed by atoms with Crippen molar-refractivity contribution in [1.82, 2.24) is 25.1 Å². The molecule has 0 saturated heterocycles. The van der Waals surface area contributed by atoms with Crippen LogP contribution in [0.2, 0.25) is 0 Å². The van der Waals surface area contributed by atoms with Crippen molar-refractivity contribution < 1.29 is 23.1 Å². The van der Waals surface area contributed by atoms with Crippen molar-refractivity contribution in [3.05, 3.63) is 65.4 Å². The summed E-state index contributed by atoms with van der Waals surface area (Å²) in [7, 11) is 1.49. The lowest BCUT2D eigenvalue weighted by atomic mass is 10.2. The van der Waals surface area contributed by atoms with Crippen LogP contribution in [-0.4, -0.2) is 51.3 Å². The molecule has 1 aliphatic rings. The largest absolute Gasteiger partial charge is 0.487 e. The van der Waals surface area contributed by atoms with Crippen LogP contribution in [0, 0.1) is 23.6 Å². The van der Waals surface area contributed by atoms with E-state index in [2.05, 4.69) is 32.2 Å². The van der Waals surface area contributed by atoms with Crippen LogP contribution in [0.3, 0.4) is 0 Å². The minimum atomic E-state index is -1.10. The molecular weight excluding hydrogens is 434 g/mol. The van der Waals surface area contributed by atoms with Crippen molar-refractivity contribution in [3.63, 3.8) is 0 Å². The molecule has 168 valence electrons. The van der Waals surface area contributed by atoms with Crippen molar-refractivity contribution in [2.45, 2.75) is 19.5 Å². The van der Waals surface area contributed by atoms with Gasteiger partial charge in [-0.2, -0.15) is 9.49 Å². The van der Waals surface area contributed by atoms with Crippen LogP contribution in [-0.2, 0) is 11.3 Å². The maximum atomic E-state index is 14.4. The number of carbonyl (C=O) groups is 2. The molecule has 3 aromatic heterocycles. The van der Waals surface area contributed by atoms with E-state index in [0.29, 0.717) is 17.1 Å². The number of ether oxygens (including phenoxy) is 1. The van der Waals surface area contributed by atoms with E-state index in [4.69, 9.17) is 4.74 Å². The Kier molecular flexibility index (Phi) is 5.99. The highest BCUT2D eigenvalue weighted by atomic mass is 19.1. The molecule has 33 heavy (non-hydrogen) atoms. The Bertz CT molecular complexity index is 1300. The average molecular weight is 452 g/mol. The van der Waals surface area contributed by atoms with E-state index < -0.39 is 35.3 Å². The van der Waals surface area contributed by atoms with Crippen molar-refractivity contribution >= 4 is 17.6 Å². The van der Waals surface area contributed by atoms with E-state index in [9.17, 15) is 18.4 Å². The Labute approximate surface area is 187 Å². The molecule has 0 aromatic carbocycles. The lowest BCUT2D eigenvalue weighted by molar-refractivity contribution is -0.120. The Morgan fingerprint density at radius 2 is 2.09 bits per heavy atom. The van der Waals surface area contributed by atoms with Gasteiger partial charge in [0, 0.05) is 7.05 Å². The quantitative estimate of drug-likeness (QED) is 0.476. The molecule has 0 spiro atoms. The number of carbonyl (C=O) groups excluding carboxylic acids is 2. The second-order valence-electron chi connectivity index (χ2n) is 7.10. The normalized spacial score (nSPS) is 15.1. The van der Waals surface area contributed by atoms with Gasteiger partial charge >= 0.3 is 0 Å². The summed E-state index contributed by atoms with van der Waals surface area (Å²) in [6.45, 7) is 1.44. The van der Waals surface area contributed by atoms with E-state index in [-0.39, 0.29) is 19.0 Å². The molecule has 1 unspecified atom stereocenters. The number of hydrogen-bond donors (Lipinski definition) is 1. The first-order chi connectivity index (χ1) is 15.9. The monoisotopic (exact) mass is 452 g/mol. The number of anilines is 1. The van der Waals surface area contributed by atoms with Gasteiger partial charge in [0.15, 0.2) is 23.1 Å². The fourth-order valence-electron chi connectivity index (χ4n) is 3.24. The van der Waals surface area contributed by atoms with Crippen LogP contribution in [0.15, 0.2) is 36.5 Å². The second-order valence-corrected chi connectivity index (χ2v) is 7.10. The molecule has 3 aromatic rings. The SMILES string of the molecule is CC#Cc1ccc2c(n1)N(C)C(=O)C(NC(=O)c1nn(Cc3cccc(F)n3)cc1F)CO2. The lowest BCUT2D eigenvalue weighted by Crippen LogP contribution is -2.49. The molecule has 4 heterocycles. The van der Waals surface area contributed by atoms with Crippen LogP contribution in [0.1, 0.15) is 28.8 Å². The zero-order valence-electron chi connectivity index (χ0n) is 17.7. The number of hydrogen-bond acceptors (Lipinski definition) is 6. The maximum absolute atomic E-state index is 14.4. The summed E-state index contributed by atoms with van der Waals surface area (Å²) in [5.41, 5.74) is 0.250. The number of nitrogens with one attached hydrogen (secondary N) is 1. The summed E-state index contributed by atoms with van der Waals surface area (Å²) in [6, 6.07) is 6.37. The predicted octanol–water partition coefficient (Wildman–Crippen LogP) is 1.52. The zero-order valence-corrected chi connectivity index (χ0v) is 17.7. The summed E-state index contributed by atoms with van der Waals surface area (Å²) in [5, 5.41) is 6.37. The van der Waals surface area contributed by atoms with E-state index >= 15 is 0 Å². The summed E-state index contributed by atoms with van der Waals surface area (Å²) >= 11 is 0. The molecule has 11 heteroatoms. The number of pyridine rings is 2. The minimum absolute atomic E-state index is 0.0415. The first-order valence-electron chi connectivity index (χ1n) is 9.85. The molecule has 1 N–H and O–H groups in total. The van der Waals surface area contributed by atoms with Crippen LogP contribution >= 0.6 is 0 Å². The number of fused-ring (bicyclic) bond motifs is 1. The van der Waals surface area contributed by atoms with Gasteiger partial charge in [-0.1, -0.05) is 12.0 Å². The van der Waals surface area contributed by atoms with Crippen LogP contribution in [0.4, 0.5) is 14.6 Å². The summed E-state index contributed by atoms with van der Waals surface area (Å²) in [4.78, 5) is 34.8. The Balaban J connectivity index is 1.50. The molecule has 0 bridgehead atoms. The standard InChI is InChI=1S/C22H18F2N6O3/c1-3-5-13-8-9-17-20(26-13)29(2)22(32)16(12-33-17)27-21(31)19-15(23)11-30(28-19)10-14-6-4-7-18(24)25-14/h4,6-9,11,16H,10,12H2,1-2H3,(H,27,31). The van der Waals surface area contributed by atoms with Crippen molar-refractivity contribution in [1.29, 1.82) is 0 Å². The van der Waals surface area contributed by atoms with Crippen LogP contribution in [0.5, 0.6) is 5.75 Å². The van der Waals surface area contributed by atoms with Gasteiger partial charge in [-0.15, -0.1) is 0 Å². The van der Waals surface area contributed by atoms with Crippen LogP contribution < -0.4 is 15.0 Å². The molecule has 0 aliphatic carbocycles. The van der Waals surface area contributed by atoms with E-state index in [0.717, 1.165) is 10.9 Å². The molecule has 0 radical (unpaired) electrons. The van der Waals surface area contributed by atoms with Crippen LogP contribution in [0.25, 0.3) is 0 Å². The molecule has 0 fully saturated rings. The molecule has 9 nitrogen and oxygen atoms in total. The minimum Gasteiger partial charge on any atom is -0.487 e. The molecule has 0 saturated carbocycles. The van der Waals surface area contributed by atoms with Crippen molar-refractivity contribution in [3.8, 4) is 17.6 Å². The predicted molar refractivity (Wildman–Crippen MR) is 112 cm³/mol. The Hall–Kier alpha value is -4.33. The third-order valence-corrected chi connectivity index (χ3v) is 4.78. The molecular formula is C22H18F2N6O3. The highest BCUT2D eigenvalue weighted by Gasteiger charge is 2.33. The van der Waals surface area contributed by atoms with Gasteiger partial charge in [0.05, 0.1) is 18.4 Å². The third-order valence-electron chi connectivity index (χ3n) is 4.78. The van der Waals surface area contributed by atoms with Crippen molar-refractivity contribution in [2.24, 2.45) is 0 Å². The number of aromatic nitrogens is 4. The molecule has 4 rings (SSSR count). The summed E-state index contributed by atoms with van der Waals surface area (Å²) in [6.07, 6.45) is 0.995. The maximum Gasteiger partial charge on any atom is 0.275 e. The van der Waals surface area contributed by atoms with Crippen molar-refractivity contribution in [2.75, 3.05) is 18.6 Å². The number of nitrogens with zero attached hydrogens (tertiary/aromatic N) is 5. The van der Waals surface area contributed by atoms with Gasteiger partial charge in [0.1, 0.15) is 18.3 Å². The Morgan fingerprint density at radius 1 is 1.27 bits per heavy atom. The molecule has 1 aliphatic heterocycles. The van der Waals surface area contributed by atoms with Gasteiger partial charge in [-0.3, -0.25) is 19.2 Å². The zero-order chi connectivity index (χ0) is 23.5. The van der Waals surface area contributed by atoms with E-state index in [1.165, 1.54) is 24.1 Å². The number of halogens is 2. The van der Waals surface area contributed by atoms with Gasteiger partial charge in [0.25, 0.3) is 11.8 Å². The second kappa shape index (κ2) is 9.04. The Morgan fingerprint density at radius 3 is 2.85 bits per heavy atom. The first-order valence-corrected chi connectivity index (χ1v) is 9.85. The van der Waals surface area contributed by atoms with Gasteiger partial charge in [0.2, 0.25) is 5.95 Å². The average Bonchev–Trinajstić information content (AvgIpc) is 3.11. The van der Waals surface area contributed by atoms with Gasteiger partial charge in [-0.05, 0) is 37.1 Å². The fraction of sp³-hybridized carbons (Fsp3) is 0.227. The smallest absolute Gasteiger partial charge is 0.275 e. The van der Waals surface area contributed by atoms with Gasteiger partial charge < -0.3 is 10.1 Å².